The van der Waals surface area contributed by atoms with Gasteiger partial charge in [-0.3, -0.25) is 4.98 Å². The monoisotopic (exact) mass is 494 g/mol. The Kier molecular flexibility index (Phi) is 7.91. The second kappa shape index (κ2) is 11.3. The number of pyridine rings is 1. The molecule has 1 saturated heterocycles. The van der Waals surface area contributed by atoms with Gasteiger partial charge in [-0.1, -0.05) is 18.2 Å². The van der Waals surface area contributed by atoms with Gasteiger partial charge in [-0.25, -0.2) is 13.2 Å². The number of carbonyl (C=O) groups excluding carboxylic acids is 1. The molecule has 1 fully saturated rings. The number of sulfonamides is 1. The number of ether oxygens (including phenoxy) is 3. The van der Waals surface area contributed by atoms with Crippen LogP contribution >= 0.6 is 0 Å². The fraction of sp³-hybridized carbons (Fsp3) is 0.231. The second-order valence-electron chi connectivity index (χ2n) is 7.68. The average Bonchev–Trinajstić information content (AvgIpc) is 2.90. The molecule has 0 amide bonds. The van der Waals surface area contributed by atoms with Crippen molar-refractivity contribution in [2.75, 3.05) is 32.9 Å². The van der Waals surface area contributed by atoms with E-state index in [2.05, 4.69) is 4.98 Å². The number of esters is 1. The molecule has 9 heteroatoms. The van der Waals surface area contributed by atoms with E-state index in [0.29, 0.717) is 38.7 Å². The number of hydrogen-bond acceptors (Lipinski definition) is 7. The molecule has 0 atom stereocenters. The molecule has 0 aliphatic carbocycles. The molecule has 1 aliphatic heterocycles. The van der Waals surface area contributed by atoms with E-state index in [1.54, 1.807) is 24.5 Å². The first-order chi connectivity index (χ1) is 17.0. The van der Waals surface area contributed by atoms with Crippen LogP contribution in [0.5, 0.6) is 11.5 Å². The molecule has 3 aromatic rings. The normalized spacial score (nSPS) is 14.7. The van der Waals surface area contributed by atoms with Crippen LogP contribution in [-0.4, -0.2) is 56.6 Å². The Morgan fingerprint density at radius 1 is 0.971 bits per heavy atom. The largest absolute Gasteiger partial charge is 0.490 e. The number of nitrogens with zero attached hydrogens (tertiary/aromatic N) is 2. The Bertz CT molecular complexity index is 1290. The topological polar surface area (TPSA) is 95.0 Å². The minimum Gasteiger partial charge on any atom is -0.490 e. The molecule has 0 radical (unpaired) electrons. The maximum atomic E-state index is 12.8. The molecular weight excluding hydrogens is 468 g/mol. The number of carbonyl (C=O) groups is 1. The van der Waals surface area contributed by atoms with E-state index < -0.39 is 16.0 Å². The molecule has 4 rings (SSSR count). The molecule has 2 heterocycles. The lowest BCUT2D eigenvalue weighted by atomic mass is 10.1. The lowest BCUT2D eigenvalue weighted by Crippen LogP contribution is -2.40. The number of benzene rings is 2. The Morgan fingerprint density at radius 2 is 1.66 bits per heavy atom. The second-order valence-corrected chi connectivity index (χ2v) is 9.62. The van der Waals surface area contributed by atoms with Gasteiger partial charge in [0.15, 0.2) is 11.5 Å². The zero-order valence-electron chi connectivity index (χ0n) is 19.3. The van der Waals surface area contributed by atoms with Gasteiger partial charge >= 0.3 is 5.97 Å². The first-order valence-electron chi connectivity index (χ1n) is 11.2. The van der Waals surface area contributed by atoms with Gasteiger partial charge in [-0.15, -0.1) is 0 Å². The molecule has 0 unspecified atom stereocenters. The molecule has 1 aromatic heterocycles. The third-order valence-corrected chi connectivity index (χ3v) is 7.26. The van der Waals surface area contributed by atoms with Gasteiger partial charge < -0.3 is 14.2 Å². The standard InChI is InChI=1S/C26H26N2O6S/c1-2-33-25-19-21(4-3-20-11-13-27-14-12-20)5-10-24(25)34-26(29)22-6-8-23(9-7-22)35(30,31)28-15-17-32-18-16-28/h3-14,19H,2,15-18H2,1H3/b4-3+. The molecule has 0 N–H and O–H groups in total. The van der Waals surface area contributed by atoms with E-state index >= 15 is 0 Å². The minimum absolute atomic E-state index is 0.122. The highest BCUT2D eigenvalue weighted by Crippen LogP contribution is 2.30. The number of hydrogen-bond donors (Lipinski definition) is 0. The van der Waals surface area contributed by atoms with Gasteiger partial charge in [-0.2, -0.15) is 4.31 Å². The molecule has 0 spiro atoms. The van der Waals surface area contributed by atoms with Crippen molar-refractivity contribution in [3.63, 3.8) is 0 Å². The van der Waals surface area contributed by atoms with Crippen LogP contribution in [0.3, 0.4) is 0 Å². The first kappa shape index (κ1) is 24.6. The maximum absolute atomic E-state index is 12.8. The highest BCUT2D eigenvalue weighted by atomic mass is 32.2. The van der Waals surface area contributed by atoms with Crippen LogP contribution in [0.1, 0.15) is 28.4 Å². The van der Waals surface area contributed by atoms with Crippen molar-refractivity contribution in [3.05, 3.63) is 83.7 Å². The summed E-state index contributed by atoms with van der Waals surface area (Å²) < 4.78 is 43.4. The Morgan fingerprint density at radius 3 is 2.34 bits per heavy atom. The maximum Gasteiger partial charge on any atom is 0.343 e. The summed E-state index contributed by atoms with van der Waals surface area (Å²) in [6.07, 6.45) is 7.32. The molecule has 0 bridgehead atoms. The van der Waals surface area contributed by atoms with Crippen LogP contribution in [0, 0.1) is 0 Å². The van der Waals surface area contributed by atoms with Crippen molar-refractivity contribution in [1.82, 2.24) is 9.29 Å². The Labute approximate surface area is 204 Å². The molecule has 0 saturated carbocycles. The lowest BCUT2D eigenvalue weighted by molar-refractivity contribution is 0.0728. The molecule has 35 heavy (non-hydrogen) atoms. The van der Waals surface area contributed by atoms with Gasteiger partial charge in [0.05, 0.1) is 30.3 Å². The highest BCUT2D eigenvalue weighted by Gasteiger charge is 2.26. The van der Waals surface area contributed by atoms with E-state index in [4.69, 9.17) is 14.2 Å². The van der Waals surface area contributed by atoms with Gasteiger partial charge in [0.1, 0.15) is 0 Å². The Hall–Kier alpha value is -3.53. The summed E-state index contributed by atoms with van der Waals surface area (Å²) in [6, 6.07) is 14.8. The quantitative estimate of drug-likeness (QED) is 0.346. The lowest BCUT2D eigenvalue weighted by Gasteiger charge is -2.26. The predicted octanol–water partition coefficient (Wildman–Crippen LogP) is 3.89. The van der Waals surface area contributed by atoms with E-state index in [9.17, 15) is 13.2 Å². The summed E-state index contributed by atoms with van der Waals surface area (Å²) in [5.41, 5.74) is 2.12. The van der Waals surface area contributed by atoms with Gasteiger partial charge in [0.25, 0.3) is 0 Å². The summed E-state index contributed by atoms with van der Waals surface area (Å²) in [4.78, 5) is 16.9. The predicted molar refractivity (Wildman–Crippen MR) is 132 cm³/mol. The van der Waals surface area contributed by atoms with E-state index in [-0.39, 0.29) is 16.2 Å². The van der Waals surface area contributed by atoms with Crippen LogP contribution in [0.25, 0.3) is 12.2 Å². The third-order valence-electron chi connectivity index (χ3n) is 5.34. The summed E-state index contributed by atoms with van der Waals surface area (Å²) in [5.74, 6) is 0.105. The van der Waals surface area contributed by atoms with Crippen molar-refractivity contribution in [1.29, 1.82) is 0 Å². The van der Waals surface area contributed by atoms with Crippen molar-refractivity contribution in [3.8, 4) is 11.5 Å². The number of morpholine rings is 1. The van der Waals surface area contributed by atoms with Gasteiger partial charge in [0.2, 0.25) is 10.0 Å². The van der Waals surface area contributed by atoms with Crippen molar-refractivity contribution >= 4 is 28.1 Å². The summed E-state index contributed by atoms with van der Waals surface area (Å²) >= 11 is 0. The van der Waals surface area contributed by atoms with Gasteiger partial charge in [0, 0.05) is 25.5 Å². The zero-order valence-corrected chi connectivity index (χ0v) is 20.1. The first-order valence-corrected chi connectivity index (χ1v) is 12.7. The van der Waals surface area contributed by atoms with E-state index in [1.165, 1.54) is 28.6 Å². The van der Waals surface area contributed by atoms with Crippen LogP contribution in [-0.2, 0) is 14.8 Å². The molecule has 8 nitrogen and oxygen atoms in total. The summed E-state index contributed by atoms with van der Waals surface area (Å²) in [5, 5.41) is 0. The van der Waals surface area contributed by atoms with E-state index in [0.717, 1.165) is 11.1 Å². The molecule has 1 aliphatic rings. The fourth-order valence-electron chi connectivity index (χ4n) is 3.51. The molecular formula is C26H26N2O6S. The number of rotatable bonds is 8. The third kappa shape index (κ3) is 6.13. The van der Waals surface area contributed by atoms with Crippen molar-refractivity contribution in [2.45, 2.75) is 11.8 Å². The highest BCUT2D eigenvalue weighted by molar-refractivity contribution is 7.89. The SMILES string of the molecule is CCOc1cc(/C=C/c2ccncc2)ccc1OC(=O)c1ccc(S(=O)(=O)N2CCOCC2)cc1. The molecule has 2 aromatic carbocycles. The summed E-state index contributed by atoms with van der Waals surface area (Å²) in [7, 11) is -3.64. The van der Waals surface area contributed by atoms with Crippen LogP contribution in [0.2, 0.25) is 0 Å². The fourth-order valence-corrected chi connectivity index (χ4v) is 4.91. The van der Waals surface area contributed by atoms with Gasteiger partial charge in [-0.05, 0) is 66.6 Å². The van der Waals surface area contributed by atoms with E-state index in [1.807, 2.05) is 37.3 Å². The average molecular weight is 495 g/mol. The minimum atomic E-state index is -3.64. The summed E-state index contributed by atoms with van der Waals surface area (Å²) in [6.45, 7) is 3.59. The Balaban J connectivity index is 1.48. The van der Waals surface area contributed by atoms with Crippen molar-refractivity contribution < 1.29 is 27.4 Å². The zero-order chi connectivity index (χ0) is 24.7. The molecule has 182 valence electrons. The van der Waals surface area contributed by atoms with Crippen LogP contribution in [0.4, 0.5) is 0 Å². The van der Waals surface area contributed by atoms with Crippen LogP contribution in [0.15, 0.2) is 71.9 Å². The smallest absolute Gasteiger partial charge is 0.343 e. The van der Waals surface area contributed by atoms with Crippen LogP contribution < -0.4 is 9.47 Å². The number of aromatic nitrogens is 1. The van der Waals surface area contributed by atoms with Crippen molar-refractivity contribution in [2.24, 2.45) is 0 Å².